The van der Waals surface area contributed by atoms with Crippen molar-refractivity contribution in [3.63, 3.8) is 0 Å². The topological polar surface area (TPSA) is 83.3 Å². The van der Waals surface area contributed by atoms with Crippen molar-refractivity contribution in [1.29, 1.82) is 0 Å². The Hall–Kier alpha value is -3.00. The first kappa shape index (κ1) is 19.3. The number of ether oxygens (including phenoxy) is 3. The van der Waals surface area contributed by atoms with Gasteiger partial charge in [-0.2, -0.15) is 0 Å². The minimum Gasteiger partial charge on any atom is -0.493 e. The van der Waals surface area contributed by atoms with E-state index in [1.165, 1.54) is 0 Å². The van der Waals surface area contributed by atoms with Crippen LogP contribution >= 0.6 is 11.6 Å². The molecule has 9 heteroatoms. The molecule has 0 spiro atoms. The second-order valence-electron chi connectivity index (χ2n) is 6.65. The Morgan fingerprint density at radius 3 is 2.41 bits per heavy atom. The summed E-state index contributed by atoms with van der Waals surface area (Å²) in [6.07, 6.45) is 7.67. The van der Waals surface area contributed by atoms with Gasteiger partial charge in [-0.25, -0.2) is 15.0 Å². The molecule has 1 aliphatic rings. The third kappa shape index (κ3) is 3.80. The van der Waals surface area contributed by atoms with E-state index in [1.807, 2.05) is 22.9 Å². The zero-order chi connectivity index (χ0) is 20.4. The summed E-state index contributed by atoms with van der Waals surface area (Å²) in [4.78, 5) is 13.2. The van der Waals surface area contributed by atoms with E-state index in [1.54, 1.807) is 27.7 Å². The van der Waals surface area contributed by atoms with Crippen molar-refractivity contribution in [2.45, 2.75) is 25.7 Å². The molecule has 0 saturated carbocycles. The molecule has 0 amide bonds. The monoisotopic (exact) mass is 415 g/mol. The number of halogens is 1. The lowest BCUT2D eigenvalue weighted by Crippen LogP contribution is -2.11. The van der Waals surface area contributed by atoms with Crippen LogP contribution in [0.25, 0.3) is 5.69 Å². The number of imidazole rings is 1. The highest BCUT2D eigenvalue weighted by atomic mass is 35.5. The Morgan fingerprint density at radius 2 is 1.72 bits per heavy atom. The van der Waals surface area contributed by atoms with Crippen LogP contribution in [0.15, 0.2) is 24.7 Å². The molecular weight excluding hydrogens is 394 g/mol. The molecule has 29 heavy (non-hydrogen) atoms. The quantitative estimate of drug-likeness (QED) is 0.610. The van der Waals surface area contributed by atoms with E-state index in [0.29, 0.717) is 23.1 Å². The average molecular weight is 416 g/mol. The predicted octanol–water partition coefficient (Wildman–Crippen LogP) is 3.96. The van der Waals surface area contributed by atoms with Gasteiger partial charge >= 0.3 is 0 Å². The van der Waals surface area contributed by atoms with Gasteiger partial charge in [-0.3, -0.25) is 0 Å². The fraction of sp³-hybridized carbons (Fsp3) is 0.350. The molecule has 0 atom stereocenters. The summed E-state index contributed by atoms with van der Waals surface area (Å²) >= 11 is 6.12. The third-order valence-corrected chi connectivity index (χ3v) is 5.10. The van der Waals surface area contributed by atoms with Crippen LogP contribution in [-0.2, 0) is 12.8 Å². The van der Waals surface area contributed by atoms with E-state index in [9.17, 15) is 0 Å². The fourth-order valence-corrected chi connectivity index (χ4v) is 3.72. The highest BCUT2D eigenvalue weighted by Gasteiger charge is 2.19. The number of anilines is 2. The number of nitrogens with zero attached hydrogens (tertiary/aromatic N) is 4. The maximum absolute atomic E-state index is 6.12. The van der Waals surface area contributed by atoms with Crippen molar-refractivity contribution in [2.24, 2.45) is 0 Å². The lowest BCUT2D eigenvalue weighted by atomic mass is 9.96. The van der Waals surface area contributed by atoms with Gasteiger partial charge in [-0.05, 0) is 37.3 Å². The molecule has 8 nitrogen and oxygen atoms in total. The molecule has 1 aliphatic carbocycles. The summed E-state index contributed by atoms with van der Waals surface area (Å²) in [5.41, 5.74) is 2.95. The van der Waals surface area contributed by atoms with E-state index >= 15 is 0 Å². The highest BCUT2D eigenvalue weighted by molar-refractivity contribution is 6.28. The summed E-state index contributed by atoms with van der Waals surface area (Å²) in [7, 11) is 4.75. The van der Waals surface area contributed by atoms with Crippen molar-refractivity contribution < 1.29 is 14.2 Å². The van der Waals surface area contributed by atoms with Gasteiger partial charge in [0.15, 0.2) is 11.5 Å². The molecule has 0 unspecified atom stereocenters. The first-order valence-electron chi connectivity index (χ1n) is 9.29. The molecule has 0 fully saturated rings. The molecule has 3 aromatic rings. The van der Waals surface area contributed by atoms with Crippen LogP contribution in [0, 0.1) is 0 Å². The first-order valence-corrected chi connectivity index (χ1v) is 9.67. The normalized spacial score (nSPS) is 13.0. The van der Waals surface area contributed by atoms with Gasteiger partial charge in [0.2, 0.25) is 11.0 Å². The van der Waals surface area contributed by atoms with E-state index < -0.39 is 0 Å². The van der Waals surface area contributed by atoms with Gasteiger partial charge in [-0.15, -0.1) is 0 Å². The Morgan fingerprint density at radius 1 is 1.00 bits per heavy atom. The maximum atomic E-state index is 6.12. The standard InChI is InChI=1S/C20H22ClN5O3/c1-27-15-8-12(9-16(28-2)18(15)29-3)26-10-17(22-11-26)24-19-13-6-4-5-7-14(13)23-20(21)25-19/h8-11H,4-7H2,1-3H3,(H,23,24,25). The highest BCUT2D eigenvalue weighted by Crippen LogP contribution is 2.39. The van der Waals surface area contributed by atoms with Gasteiger partial charge < -0.3 is 24.1 Å². The molecule has 2 aromatic heterocycles. The molecule has 1 N–H and O–H groups in total. The fourth-order valence-electron chi connectivity index (χ4n) is 3.53. The number of hydrogen-bond donors (Lipinski definition) is 1. The molecule has 0 aliphatic heterocycles. The van der Waals surface area contributed by atoms with E-state index in [4.69, 9.17) is 25.8 Å². The third-order valence-electron chi connectivity index (χ3n) is 4.93. The largest absolute Gasteiger partial charge is 0.493 e. The van der Waals surface area contributed by atoms with Crippen LogP contribution in [0.1, 0.15) is 24.1 Å². The SMILES string of the molecule is COc1cc(-n2cnc(Nc3nc(Cl)nc4c3CCCC4)c2)cc(OC)c1OC. The van der Waals surface area contributed by atoms with Crippen LogP contribution < -0.4 is 19.5 Å². The van der Waals surface area contributed by atoms with Crippen LogP contribution in [0.2, 0.25) is 5.28 Å². The smallest absolute Gasteiger partial charge is 0.224 e. The molecule has 152 valence electrons. The van der Waals surface area contributed by atoms with E-state index in [2.05, 4.69) is 20.3 Å². The Labute approximate surface area is 173 Å². The molecule has 2 heterocycles. The maximum Gasteiger partial charge on any atom is 0.224 e. The summed E-state index contributed by atoms with van der Waals surface area (Å²) in [6, 6.07) is 3.71. The number of hydrogen-bond acceptors (Lipinski definition) is 7. The number of rotatable bonds is 6. The van der Waals surface area contributed by atoms with E-state index in [0.717, 1.165) is 48.4 Å². The molecule has 0 bridgehead atoms. The number of aryl methyl sites for hydroxylation is 1. The summed E-state index contributed by atoms with van der Waals surface area (Å²) in [6.45, 7) is 0. The lowest BCUT2D eigenvalue weighted by molar-refractivity contribution is 0.324. The molecule has 1 aromatic carbocycles. The zero-order valence-corrected chi connectivity index (χ0v) is 17.3. The van der Waals surface area contributed by atoms with Crippen molar-refractivity contribution >= 4 is 23.2 Å². The van der Waals surface area contributed by atoms with Gasteiger partial charge in [0.05, 0.1) is 38.9 Å². The number of methoxy groups -OCH3 is 3. The Balaban J connectivity index is 1.66. The van der Waals surface area contributed by atoms with Gasteiger partial charge in [0.1, 0.15) is 18.0 Å². The molecular formula is C20H22ClN5O3. The van der Waals surface area contributed by atoms with Crippen molar-refractivity contribution in [2.75, 3.05) is 26.6 Å². The van der Waals surface area contributed by atoms with Crippen LogP contribution in [0.3, 0.4) is 0 Å². The molecule has 0 saturated heterocycles. The first-order chi connectivity index (χ1) is 14.1. The van der Waals surface area contributed by atoms with Crippen molar-refractivity contribution in [3.8, 4) is 22.9 Å². The average Bonchev–Trinajstić information content (AvgIpc) is 3.21. The number of aromatic nitrogens is 4. The second-order valence-corrected chi connectivity index (χ2v) is 6.99. The number of fused-ring (bicyclic) bond motifs is 1. The number of nitrogens with one attached hydrogen (secondary N) is 1. The summed E-state index contributed by atoms with van der Waals surface area (Å²) < 4.78 is 18.1. The van der Waals surface area contributed by atoms with Crippen LogP contribution in [0.5, 0.6) is 17.2 Å². The minimum atomic E-state index is 0.247. The molecule has 4 rings (SSSR count). The van der Waals surface area contributed by atoms with Crippen LogP contribution in [-0.4, -0.2) is 40.8 Å². The predicted molar refractivity (Wildman–Crippen MR) is 110 cm³/mol. The van der Waals surface area contributed by atoms with Gasteiger partial charge in [0, 0.05) is 17.7 Å². The summed E-state index contributed by atoms with van der Waals surface area (Å²) in [5.74, 6) is 3.05. The van der Waals surface area contributed by atoms with Gasteiger partial charge in [0.25, 0.3) is 0 Å². The van der Waals surface area contributed by atoms with Crippen molar-refractivity contribution in [1.82, 2.24) is 19.5 Å². The zero-order valence-electron chi connectivity index (χ0n) is 16.5. The summed E-state index contributed by atoms with van der Waals surface area (Å²) in [5, 5.41) is 3.54. The van der Waals surface area contributed by atoms with Crippen molar-refractivity contribution in [3.05, 3.63) is 41.2 Å². The Kier molecular flexibility index (Phi) is 5.44. The minimum absolute atomic E-state index is 0.247. The lowest BCUT2D eigenvalue weighted by Gasteiger charge is -2.18. The second kappa shape index (κ2) is 8.16. The van der Waals surface area contributed by atoms with Crippen LogP contribution in [0.4, 0.5) is 11.6 Å². The van der Waals surface area contributed by atoms with E-state index in [-0.39, 0.29) is 5.28 Å². The number of benzene rings is 1. The van der Waals surface area contributed by atoms with Gasteiger partial charge in [-0.1, -0.05) is 0 Å². The molecule has 0 radical (unpaired) electrons. The Bertz CT molecular complexity index is 1010.